The zero-order chi connectivity index (χ0) is 11.7. The molecule has 4 N–H and O–H groups in total. The predicted octanol–water partition coefficient (Wildman–Crippen LogP) is -1.63. The lowest BCUT2D eigenvalue weighted by Crippen LogP contribution is -2.34. The van der Waals surface area contributed by atoms with Gasteiger partial charge < -0.3 is 15.2 Å². The molecule has 0 saturated heterocycles. The van der Waals surface area contributed by atoms with Crippen LogP contribution in [0.15, 0.2) is 0 Å². The van der Waals surface area contributed by atoms with E-state index in [4.69, 9.17) is 9.29 Å². The van der Waals surface area contributed by atoms with Crippen LogP contribution in [0, 0.1) is 0 Å². The molecule has 0 aliphatic heterocycles. The van der Waals surface area contributed by atoms with E-state index in [2.05, 4.69) is 5.32 Å². The van der Waals surface area contributed by atoms with Crippen molar-refractivity contribution in [3.63, 3.8) is 0 Å². The monoisotopic (exact) mass is 242 g/mol. The van der Waals surface area contributed by atoms with Gasteiger partial charge in [0.05, 0.1) is 12.7 Å². The van der Waals surface area contributed by atoms with Crippen LogP contribution in [0.5, 0.6) is 0 Å². The Balaban J connectivity index is 3.37. The maximum Gasteiger partial charge on any atom is 0.333 e. The highest BCUT2D eigenvalue weighted by atomic mass is 32.2. The van der Waals surface area contributed by atoms with Gasteiger partial charge in [0.15, 0.2) is 0 Å². The number of hydrogen-bond donors (Lipinski definition) is 4. The summed E-state index contributed by atoms with van der Waals surface area (Å²) < 4.78 is 35.6. The highest BCUT2D eigenvalue weighted by Crippen LogP contribution is 1.87. The summed E-state index contributed by atoms with van der Waals surface area (Å²) in [4.78, 5) is 0. The van der Waals surface area contributed by atoms with Gasteiger partial charge in [-0.2, -0.15) is 13.1 Å². The fourth-order valence-corrected chi connectivity index (χ4v) is 1.23. The molecule has 0 spiro atoms. The van der Waals surface area contributed by atoms with E-state index < -0.39 is 16.4 Å². The van der Waals surface area contributed by atoms with E-state index in [0.29, 0.717) is 6.61 Å². The highest BCUT2D eigenvalue weighted by molar-refractivity contribution is 7.83. The zero-order valence-corrected chi connectivity index (χ0v) is 9.46. The van der Waals surface area contributed by atoms with E-state index in [9.17, 15) is 13.5 Å². The molecular formula is C7H18N2O5S. The molecule has 0 aliphatic carbocycles. The van der Waals surface area contributed by atoms with Crippen LogP contribution in [0.4, 0.5) is 0 Å². The number of hydrogen-bond acceptors (Lipinski definition) is 5. The molecule has 0 radical (unpaired) electrons. The van der Waals surface area contributed by atoms with Gasteiger partial charge in [-0.15, -0.1) is 0 Å². The Morgan fingerprint density at radius 1 is 1.47 bits per heavy atom. The van der Waals surface area contributed by atoms with Crippen LogP contribution in [0.2, 0.25) is 0 Å². The molecule has 0 bridgehead atoms. The molecule has 0 rings (SSSR count). The van der Waals surface area contributed by atoms with Crippen molar-refractivity contribution in [1.82, 2.24) is 10.0 Å². The number of rotatable bonds is 9. The van der Waals surface area contributed by atoms with Gasteiger partial charge in [-0.25, -0.2) is 0 Å². The first kappa shape index (κ1) is 14.8. The Morgan fingerprint density at radius 2 is 2.13 bits per heavy atom. The SMILES string of the molecule is CNCCCOCC(O)CNS(=O)(=O)O. The van der Waals surface area contributed by atoms with Crippen LogP contribution in [0.1, 0.15) is 6.42 Å². The predicted molar refractivity (Wildman–Crippen MR) is 54.9 cm³/mol. The second-order valence-electron chi connectivity index (χ2n) is 3.01. The van der Waals surface area contributed by atoms with Gasteiger partial charge in [-0.1, -0.05) is 0 Å². The summed E-state index contributed by atoms with van der Waals surface area (Å²) in [5.41, 5.74) is 0. The van der Waals surface area contributed by atoms with Crippen molar-refractivity contribution in [3.05, 3.63) is 0 Å². The van der Waals surface area contributed by atoms with Gasteiger partial charge in [-0.05, 0) is 20.0 Å². The molecule has 92 valence electrons. The maximum absolute atomic E-state index is 10.2. The van der Waals surface area contributed by atoms with Crippen molar-refractivity contribution in [2.24, 2.45) is 0 Å². The second-order valence-corrected chi connectivity index (χ2v) is 4.25. The second kappa shape index (κ2) is 7.97. The molecule has 0 fully saturated rings. The third-order valence-corrected chi connectivity index (χ3v) is 2.06. The van der Waals surface area contributed by atoms with E-state index in [0.717, 1.165) is 13.0 Å². The first-order valence-corrected chi connectivity index (χ1v) is 6.02. The Labute approximate surface area is 89.7 Å². The molecule has 0 aromatic rings. The average molecular weight is 242 g/mol. The van der Waals surface area contributed by atoms with Crippen LogP contribution in [0.3, 0.4) is 0 Å². The smallest absolute Gasteiger partial charge is 0.333 e. The normalized spacial score (nSPS) is 14.1. The standard InChI is InChI=1S/C7H18N2O5S/c1-8-3-2-4-14-6-7(10)5-9-15(11,12)13/h7-10H,2-6H2,1H3,(H,11,12,13). The molecule has 0 aliphatic rings. The lowest BCUT2D eigenvalue weighted by Gasteiger charge is -2.10. The number of aliphatic hydroxyl groups excluding tert-OH is 1. The Hall–Kier alpha value is -0.250. The summed E-state index contributed by atoms with van der Waals surface area (Å²) in [7, 11) is -2.41. The number of aliphatic hydroxyl groups is 1. The van der Waals surface area contributed by atoms with E-state index in [-0.39, 0.29) is 13.2 Å². The average Bonchev–Trinajstić information content (AvgIpc) is 2.13. The van der Waals surface area contributed by atoms with E-state index in [1.54, 1.807) is 4.72 Å². The number of nitrogens with one attached hydrogen (secondary N) is 2. The summed E-state index contributed by atoms with van der Waals surface area (Å²) in [5, 5.41) is 12.1. The van der Waals surface area contributed by atoms with Crippen LogP contribution >= 0.6 is 0 Å². The van der Waals surface area contributed by atoms with Crippen LogP contribution in [-0.2, 0) is 15.0 Å². The van der Waals surface area contributed by atoms with Gasteiger partial charge in [0.2, 0.25) is 0 Å². The molecule has 15 heavy (non-hydrogen) atoms. The summed E-state index contributed by atoms with van der Waals surface area (Å²) in [6.45, 7) is 1.08. The number of ether oxygens (including phenoxy) is 1. The molecule has 1 atom stereocenters. The van der Waals surface area contributed by atoms with Crippen molar-refractivity contribution in [3.8, 4) is 0 Å². The molecule has 0 aromatic carbocycles. The molecule has 0 heterocycles. The lowest BCUT2D eigenvalue weighted by atomic mass is 10.4. The van der Waals surface area contributed by atoms with Gasteiger partial charge in [0.25, 0.3) is 0 Å². The first-order valence-electron chi connectivity index (χ1n) is 4.58. The van der Waals surface area contributed by atoms with Crippen molar-refractivity contribution >= 4 is 10.3 Å². The minimum absolute atomic E-state index is 0.0340. The topological polar surface area (TPSA) is 108 Å². The van der Waals surface area contributed by atoms with Crippen LogP contribution in [0.25, 0.3) is 0 Å². The van der Waals surface area contributed by atoms with Crippen molar-refractivity contribution in [2.45, 2.75) is 12.5 Å². The highest BCUT2D eigenvalue weighted by Gasteiger charge is 2.08. The van der Waals surface area contributed by atoms with E-state index >= 15 is 0 Å². The van der Waals surface area contributed by atoms with Crippen LogP contribution < -0.4 is 10.0 Å². The molecule has 7 nitrogen and oxygen atoms in total. The molecule has 0 saturated carbocycles. The van der Waals surface area contributed by atoms with Gasteiger partial charge in [0.1, 0.15) is 0 Å². The third-order valence-electron chi connectivity index (χ3n) is 1.53. The molecule has 8 heteroatoms. The molecule has 0 amide bonds. The quantitative estimate of drug-likeness (QED) is 0.285. The largest absolute Gasteiger partial charge is 0.389 e. The molecular weight excluding hydrogens is 224 g/mol. The van der Waals surface area contributed by atoms with Gasteiger partial charge >= 0.3 is 10.3 Å². The summed E-state index contributed by atoms with van der Waals surface area (Å²) >= 11 is 0. The summed E-state index contributed by atoms with van der Waals surface area (Å²) in [5.74, 6) is 0. The Morgan fingerprint density at radius 3 is 2.67 bits per heavy atom. The first-order chi connectivity index (χ1) is 6.95. The van der Waals surface area contributed by atoms with Gasteiger partial charge in [-0.3, -0.25) is 4.55 Å². The van der Waals surface area contributed by atoms with Gasteiger partial charge in [0, 0.05) is 13.2 Å². The Kier molecular flexibility index (Phi) is 7.83. The fraction of sp³-hybridized carbons (Fsp3) is 1.00. The van der Waals surface area contributed by atoms with Crippen molar-refractivity contribution < 1.29 is 22.8 Å². The third kappa shape index (κ3) is 11.7. The van der Waals surface area contributed by atoms with E-state index in [1.807, 2.05) is 7.05 Å². The summed E-state index contributed by atoms with van der Waals surface area (Å²) in [6, 6.07) is 0. The van der Waals surface area contributed by atoms with Crippen LogP contribution in [-0.4, -0.2) is 57.5 Å². The maximum atomic E-state index is 10.2. The molecule has 1 unspecified atom stereocenters. The Bertz CT molecular complexity index is 244. The van der Waals surface area contributed by atoms with E-state index in [1.165, 1.54) is 0 Å². The minimum atomic E-state index is -4.23. The molecule has 0 aromatic heterocycles. The minimum Gasteiger partial charge on any atom is -0.389 e. The van der Waals surface area contributed by atoms with Crippen molar-refractivity contribution in [1.29, 1.82) is 0 Å². The van der Waals surface area contributed by atoms with Crippen molar-refractivity contribution in [2.75, 3.05) is 33.4 Å². The fourth-order valence-electron chi connectivity index (χ4n) is 0.831. The lowest BCUT2D eigenvalue weighted by molar-refractivity contribution is 0.0386. The zero-order valence-electron chi connectivity index (χ0n) is 8.64. The summed E-state index contributed by atoms with van der Waals surface area (Å²) in [6.07, 6.45) is -0.143.